The molecule has 5 rings (SSSR count). The zero-order chi connectivity index (χ0) is 24.4. The van der Waals surface area contributed by atoms with E-state index in [2.05, 4.69) is 4.98 Å². The van der Waals surface area contributed by atoms with Crippen LogP contribution >= 0.6 is 11.6 Å². The van der Waals surface area contributed by atoms with Gasteiger partial charge in [-0.05, 0) is 58.2 Å². The van der Waals surface area contributed by atoms with Crippen LogP contribution in [-0.4, -0.2) is 17.6 Å². The summed E-state index contributed by atoms with van der Waals surface area (Å²) < 4.78 is 19.8. The summed E-state index contributed by atoms with van der Waals surface area (Å²) in [5, 5.41) is 11.7. The number of aromatic nitrogens is 1. The molecule has 0 aliphatic heterocycles. The fourth-order valence-electron chi connectivity index (χ4n) is 4.17. The van der Waals surface area contributed by atoms with Gasteiger partial charge in [0, 0.05) is 17.8 Å². The molecule has 4 aromatic rings. The van der Waals surface area contributed by atoms with Crippen LogP contribution in [0.5, 0.6) is 0 Å². The van der Waals surface area contributed by atoms with E-state index in [1.165, 1.54) is 12.1 Å². The van der Waals surface area contributed by atoms with Gasteiger partial charge in [0.05, 0.1) is 22.8 Å². The topological polar surface area (TPSA) is 62.2 Å². The number of carboxylic acids is 1. The van der Waals surface area contributed by atoms with E-state index in [1.54, 1.807) is 6.07 Å². The number of carboxylic acid groups (broad SMARTS) is 1. The molecule has 0 amide bonds. The molecule has 0 saturated heterocycles. The number of fused-ring (bicyclic) bond motifs is 3. The first-order valence-corrected chi connectivity index (χ1v) is 11.5. The molecule has 1 aliphatic carbocycles. The third-order valence-corrected chi connectivity index (χ3v) is 6.19. The summed E-state index contributed by atoms with van der Waals surface area (Å²) in [7, 11) is 0. The Kier molecular flexibility index (Phi) is 8.39. The van der Waals surface area contributed by atoms with Crippen molar-refractivity contribution in [1.82, 2.24) is 4.98 Å². The molecule has 1 heterocycles. The van der Waals surface area contributed by atoms with Gasteiger partial charge >= 0.3 is 29.6 Å². The summed E-state index contributed by atoms with van der Waals surface area (Å²) in [6, 6.07) is 20.5. The van der Waals surface area contributed by atoms with E-state index in [0.29, 0.717) is 16.6 Å². The van der Waals surface area contributed by atoms with Gasteiger partial charge in [0.2, 0.25) is 0 Å². The van der Waals surface area contributed by atoms with Gasteiger partial charge in [-0.25, -0.2) is 9.37 Å². The molecule has 1 unspecified atom stereocenters. The van der Waals surface area contributed by atoms with Crippen LogP contribution in [0.4, 0.5) is 4.39 Å². The number of rotatable bonds is 6. The smallest absolute Gasteiger partial charge is 0.550 e. The maximum absolute atomic E-state index is 13.7. The van der Waals surface area contributed by atoms with Crippen molar-refractivity contribution in [3.05, 3.63) is 111 Å². The fourth-order valence-corrected chi connectivity index (χ4v) is 4.33. The minimum absolute atomic E-state index is 0. The molecule has 1 atom stereocenters. The molecule has 1 aromatic heterocycles. The van der Waals surface area contributed by atoms with Crippen molar-refractivity contribution in [3.63, 3.8) is 0 Å². The summed E-state index contributed by atoms with van der Waals surface area (Å²) in [4.78, 5) is 15.5. The van der Waals surface area contributed by atoms with Crippen molar-refractivity contribution in [2.45, 2.75) is 12.5 Å². The molecule has 0 N–H and O–H groups in total. The number of pyridine rings is 1. The van der Waals surface area contributed by atoms with E-state index in [4.69, 9.17) is 16.3 Å². The van der Waals surface area contributed by atoms with Crippen LogP contribution in [-0.2, 0) is 9.53 Å². The van der Waals surface area contributed by atoms with Gasteiger partial charge in [0.15, 0.2) is 0 Å². The molecular weight excluding hydrogens is 488 g/mol. The zero-order valence-corrected chi connectivity index (χ0v) is 22.3. The van der Waals surface area contributed by atoms with Crippen LogP contribution in [0, 0.1) is 5.82 Å². The van der Waals surface area contributed by atoms with Gasteiger partial charge in [0.25, 0.3) is 0 Å². The molecule has 7 heteroatoms. The Morgan fingerprint density at radius 3 is 2.58 bits per heavy atom. The summed E-state index contributed by atoms with van der Waals surface area (Å²) in [5.74, 6) is -1.62. The molecule has 4 nitrogen and oxygen atoms in total. The first-order valence-electron chi connectivity index (χ1n) is 11.1. The molecule has 3 aromatic carbocycles. The average Bonchev–Trinajstić information content (AvgIpc) is 3.00. The van der Waals surface area contributed by atoms with Crippen LogP contribution < -0.4 is 34.7 Å². The van der Waals surface area contributed by atoms with Gasteiger partial charge in [-0.2, -0.15) is 0 Å². The van der Waals surface area contributed by atoms with Crippen LogP contribution in [0.1, 0.15) is 46.0 Å². The first kappa shape index (κ1) is 26.3. The SMILES string of the molecule is O=C([O-])CCOC1c2ccccc2C=Cc2ccc(C=Cc3ccc4cc(F)c(Cl)cc4n3)cc21.[Na+]. The van der Waals surface area contributed by atoms with E-state index in [0.717, 1.165) is 27.8 Å². The molecule has 0 bridgehead atoms. The van der Waals surface area contributed by atoms with Crippen LogP contribution in [0.3, 0.4) is 0 Å². The number of nitrogens with zero attached hydrogens (tertiary/aromatic N) is 1. The second-order valence-electron chi connectivity index (χ2n) is 8.25. The number of hydrogen-bond acceptors (Lipinski definition) is 4. The molecule has 0 saturated carbocycles. The molecule has 174 valence electrons. The zero-order valence-electron chi connectivity index (χ0n) is 19.6. The first-order chi connectivity index (χ1) is 17.0. The third-order valence-electron chi connectivity index (χ3n) is 5.90. The monoisotopic (exact) mass is 507 g/mol. The molecule has 0 spiro atoms. The van der Waals surface area contributed by atoms with Crippen molar-refractivity contribution in [2.75, 3.05) is 6.61 Å². The van der Waals surface area contributed by atoms with Gasteiger partial charge in [0.1, 0.15) is 11.9 Å². The van der Waals surface area contributed by atoms with Crippen molar-refractivity contribution >= 4 is 52.8 Å². The number of carbonyl (C=O) groups is 1. The summed E-state index contributed by atoms with van der Waals surface area (Å²) in [6.45, 7) is 0.0466. The summed E-state index contributed by atoms with van der Waals surface area (Å²) in [6.07, 6.45) is 7.31. The van der Waals surface area contributed by atoms with Gasteiger partial charge < -0.3 is 14.6 Å². The van der Waals surface area contributed by atoms with E-state index in [9.17, 15) is 14.3 Å². The quantitative estimate of drug-likeness (QED) is 0.377. The number of halogens is 2. The Morgan fingerprint density at radius 1 is 1.00 bits per heavy atom. The second-order valence-corrected chi connectivity index (χ2v) is 8.66. The molecule has 36 heavy (non-hydrogen) atoms. The average molecular weight is 508 g/mol. The standard InChI is InChI=1S/C29H21ClFNO3.Na/c30-25-17-27-21(16-26(25)31)10-12-22(32-27)11-6-18-5-7-20-9-8-19-3-1-2-4-23(19)29(24(20)15-18)35-14-13-28(33)34;/h1-12,15-17,29H,13-14H2,(H,33,34);/q;+1/p-1. The van der Waals surface area contributed by atoms with E-state index >= 15 is 0 Å². The number of benzene rings is 3. The summed E-state index contributed by atoms with van der Waals surface area (Å²) in [5.41, 5.74) is 6.20. The number of carbonyl (C=O) groups excluding carboxylic acids is 1. The molecule has 1 aliphatic rings. The van der Waals surface area contributed by atoms with Crippen molar-refractivity contribution in [2.24, 2.45) is 0 Å². The predicted molar refractivity (Wildman–Crippen MR) is 135 cm³/mol. The van der Waals surface area contributed by atoms with Crippen LogP contribution in [0.25, 0.3) is 35.2 Å². The minimum Gasteiger partial charge on any atom is -0.550 e. The van der Waals surface area contributed by atoms with Gasteiger partial charge in [-0.3, -0.25) is 0 Å². The Morgan fingerprint density at radius 2 is 1.78 bits per heavy atom. The Labute approximate surface area is 235 Å². The second kappa shape index (κ2) is 11.5. The van der Waals surface area contributed by atoms with Crippen molar-refractivity contribution in [3.8, 4) is 0 Å². The van der Waals surface area contributed by atoms with E-state index in [1.807, 2.05) is 72.8 Å². The maximum Gasteiger partial charge on any atom is 1.00 e. The van der Waals surface area contributed by atoms with E-state index < -0.39 is 17.9 Å². The minimum atomic E-state index is -1.14. The van der Waals surface area contributed by atoms with E-state index in [-0.39, 0.29) is 47.6 Å². The Hall–Kier alpha value is -2.80. The van der Waals surface area contributed by atoms with Crippen molar-refractivity contribution < 1.29 is 48.6 Å². The molecule has 0 fully saturated rings. The Balaban J connectivity index is 0.00000304. The fraction of sp³-hybridized carbons (Fsp3) is 0.103. The largest absolute Gasteiger partial charge is 1.00 e. The third kappa shape index (κ3) is 5.77. The number of hydrogen-bond donors (Lipinski definition) is 0. The van der Waals surface area contributed by atoms with Gasteiger partial charge in [-0.15, -0.1) is 0 Å². The summed E-state index contributed by atoms with van der Waals surface area (Å²) >= 11 is 5.91. The Bertz CT molecular complexity index is 1500. The van der Waals surface area contributed by atoms with Gasteiger partial charge in [-0.1, -0.05) is 72.3 Å². The number of ether oxygens (including phenoxy) is 1. The molecular formula is C29H20ClFNNaO3. The number of aliphatic carboxylic acids is 1. The normalized spacial score (nSPS) is 14.2. The van der Waals surface area contributed by atoms with Crippen LogP contribution in [0.2, 0.25) is 5.02 Å². The predicted octanol–water partition coefficient (Wildman–Crippen LogP) is 2.93. The van der Waals surface area contributed by atoms with Crippen LogP contribution in [0.15, 0.2) is 66.7 Å². The molecule has 0 radical (unpaired) electrons. The van der Waals surface area contributed by atoms with Crippen molar-refractivity contribution in [1.29, 1.82) is 0 Å². The maximum atomic E-state index is 13.7.